The molecule has 0 radical (unpaired) electrons. The zero-order valence-electron chi connectivity index (χ0n) is 10.8. The lowest BCUT2D eigenvalue weighted by molar-refractivity contribution is 0.151. The molecule has 0 aliphatic heterocycles. The van der Waals surface area contributed by atoms with Gasteiger partial charge in [0, 0.05) is 13.1 Å². The molecule has 0 amide bonds. The quantitative estimate of drug-likeness (QED) is 0.824. The molecule has 1 aromatic rings. The topological polar surface area (TPSA) is 21.1 Å². The van der Waals surface area contributed by atoms with E-state index in [1.165, 1.54) is 32.1 Å². The van der Waals surface area contributed by atoms with Gasteiger partial charge in [-0.15, -0.1) is 0 Å². The highest BCUT2D eigenvalue weighted by atomic mass is 35.5. The van der Waals surface area contributed by atoms with E-state index in [1.54, 1.807) is 6.20 Å². The number of hydrogen-bond acceptors (Lipinski definition) is 2. The van der Waals surface area contributed by atoms with Gasteiger partial charge >= 0.3 is 0 Å². The van der Waals surface area contributed by atoms with Gasteiger partial charge in [-0.25, -0.2) is 4.98 Å². The maximum atomic E-state index is 6.02. The lowest BCUT2D eigenvalue weighted by Gasteiger charge is -2.33. The van der Waals surface area contributed by atoms with E-state index in [2.05, 4.69) is 16.8 Å². The molecule has 1 saturated carbocycles. The fourth-order valence-corrected chi connectivity index (χ4v) is 2.84. The van der Waals surface area contributed by atoms with Crippen LogP contribution in [-0.2, 0) is 13.6 Å². The van der Waals surface area contributed by atoms with Crippen LogP contribution in [0, 0.1) is 0 Å². The van der Waals surface area contributed by atoms with Gasteiger partial charge in [0.1, 0.15) is 11.0 Å². The molecule has 1 aromatic heterocycles. The minimum Gasteiger partial charge on any atom is -0.321 e. The summed E-state index contributed by atoms with van der Waals surface area (Å²) >= 11 is 6.02. The Balaban J connectivity index is 2.01. The molecule has 1 heterocycles. The molecule has 0 N–H and O–H groups in total. The Morgan fingerprint density at radius 2 is 2.12 bits per heavy atom. The van der Waals surface area contributed by atoms with Gasteiger partial charge in [-0.1, -0.05) is 37.8 Å². The second kappa shape index (κ2) is 5.87. The van der Waals surface area contributed by atoms with Crippen LogP contribution in [0.15, 0.2) is 6.20 Å². The Kier molecular flexibility index (Phi) is 4.46. The summed E-state index contributed by atoms with van der Waals surface area (Å²) in [7, 11) is 1.99. The number of nitrogens with zero attached hydrogens (tertiary/aromatic N) is 3. The summed E-state index contributed by atoms with van der Waals surface area (Å²) in [5, 5.41) is 0.722. The van der Waals surface area contributed by atoms with Crippen molar-refractivity contribution in [3.63, 3.8) is 0 Å². The van der Waals surface area contributed by atoms with Gasteiger partial charge in [-0.05, 0) is 19.4 Å². The Bertz CT molecular complexity index is 356. The van der Waals surface area contributed by atoms with Crippen molar-refractivity contribution in [2.24, 2.45) is 7.05 Å². The fraction of sp³-hybridized carbons (Fsp3) is 0.769. The molecule has 96 valence electrons. The van der Waals surface area contributed by atoms with Gasteiger partial charge in [0.25, 0.3) is 0 Å². The van der Waals surface area contributed by atoms with Gasteiger partial charge in [-0.2, -0.15) is 0 Å². The van der Waals surface area contributed by atoms with Crippen LogP contribution in [0.25, 0.3) is 0 Å². The first kappa shape index (κ1) is 12.9. The van der Waals surface area contributed by atoms with Crippen LogP contribution in [0.1, 0.15) is 44.9 Å². The molecule has 3 nitrogen and oxygen atoms in total. The molecule has 1 fully saturated rings. The maximum absolute atomic E-state index is 6.02. The smallest absolute Gasteiger partial charge is 0.128 e. The molecular formula is C13H22ClN3. The second-order valence-corrected chi connectivity index (χ2v) is 5.30. The van der Waals surface area contributed by atoms with E-state index in [0.29, 0.717) is 0 Å². The predicted octanol–water partition coefficient (Wildman–Crippen LogP) is 3.23. The van der Waals surface area contributed by atoms with Crippen LogP contribution in [0.5, 0.6) is 0 Å². The van der Waals surface area contributed by atoms with E-state index in [0.717, 1.165) is 30.1 Å². The van der Waals surface area contributed by atoms with Crippen molar-refractivity contribution in [1.29, 1.82) is 0 Å². The third-order valence-corrected chi connectivity index (χ3v) is 4.22. The van der Waals surface area contributed by atoms with Gasteiger partial charge in [0.2, 0.25) is 0 Å². The Hall–Kier alpha value is -0.540. The number of hydrogen-bond donors (Lipinski definition) is 0. The summed E-state index contributed by atoms with van der Waals surface area (Å²) < 4.78 is 1.98. The van der Waals surface area contributed by atoms with E-state index < -0.39 is 0 Å². The molecule has 0 saturated heterocycles. The molecule has 0 unspecified atom stereocenters. The van der Waals surface area contributed by atoms with Crippen molar-refractivity contribution in [3.05, 3.63) is 17.2 Å². The molecule has 0 spiro atoms. The van der Waals surface area contributed by atoms with Crippen molar-refractivity contribution >= 4 is 11.6 Å². The van der Waals surface area contributed by atoms with E-state index in [1.807, 2.05) is 11.6 Å². The number of aromatic nitrogens is 2. The molecule has 17 heavy (non-hydrogen) atoms. The first-order valence-corrected chi connectivity index (χ1v) is 7.00. The van der Waals surface area contributed by atoms with Crippen LogP contribution in [0.4, 0.5) is 0 Å². The standard InChI is InChI=1S/C13H22ClN3/c1-3-17(11-7-5-4-6-8-11)10-13-15-9-12(14)16(13)2/h9,11H,3-8,10H2,1-2H3. The minimum atomic E-state index is 0.722. The SMILES string of the molecule is CCN(Cc1ncc(Cl)n1C)C1CCCCC1. The predicted molar refractivity (Wildman–Crippen MR) is 71.2 cm³/mol. The van der Waals surface area contributed by atoms with Crippen molar-refractivity contribution in [2.45, 2.75) is 51.6 Å². The summed E-state index contributed by atoms with van der Waals surface area (Å²) in [5.41, 5.74) is 0. The molecule has 2 rings (SSSR count). The normalized spacial score (nSPS) is 17.9. The van der Waals surface area contributed by atoms with Crippen molar-refractivity contribution < 1.29 is 0 Å². The van der Waals surface area contributed by atoms with Crippen LogP contribution < -0.4 is 0 Å². The zero-order chi connectivity index (χ0) is 12.3. The van der Waals surface area contributed by atoms with Crippen LogP contribution >= 0.6 is 11.6 Å². The molecule has 0 atom stereocenters. The Morgan fingerprint density at radius 3 is 2.65 bits per heavy atom. The first-order chi connectivity index (χ1) is 8.22. The largest absolute Gasteiger partial charge is 0.321 e. The monoisotopic (exact) mass is 255 g/mol. The lowest BCUT2D eigenvalue weighted by atomic mass is 9.94. The Morgan fingerprint density at radius 1 is 1.41 bits per heavy atom. The molecule has 0 aromatic carbocycles. The number of halogens is 1. The highest BCUT2D eigenvalue weighted by Gasteiger charge is 2.21. The van der Waals surface area contributed by atoms with Crippen LogP contribution in [0.2, 0.25) is 5.15 Å². The van der Waals surface area contributed by atoms with E-state index >= 15 is 0 Å². The molecule has 1 aliphatic rings. The summed E-state index contributed by atoms with van der Waals surface area (Å²) in [6, 6.07) is 0.740. The van der Waals surface area contributed by atoms with Crippen LogP contribution in [-0.4, -0.2) is 27.0 Å². The van der Waals surface area contributed by atoms with Gasteiger partial charge in [0.05, 0.1) is 12.7 Å². The van der Waals surface area contributed by atoms with Gasteiger partial charge in [-0.3, -0.25) is 4.90 Å². The Labute approximate surface area is 109 Å². The summed E-state index contributed by atoms with van der Waals surface area (Å²) in [6.45, 7) is 4.25. The molecule has 1 aliphatic carbocycles. The average Bonchev–Trinajstić information content (AvgIpc) is 2.68. The molecule has 4 heteroatoms. The highest BCUT2D eigenvalue weighted by molar-refractivity contribution is 6.29. The zero-order valence-corrected chi connectivity index (χ0v) is 11.6. The third-order valence-electron chi connectivity index (χ3n) is 3.87. The van der Waals surface area contributed by atoms with Crippen molar-refractivity contribution in [1.82, 2.24) is 14.5 Å². The maximum Gasteiger partial charge on any atom is 0.128 e. The summed E-state index contributed by atoms with van der Waals surface area (Å²) in [5.74, 6) is 1.07. The minimum absolute atomic E-state index is 0.722. The first-order valence-electron chi connectivity index (χ1n) is 6.62. The van der Waals surface area contributed by atoms with E-state index in [9.17, 15) is 0 Å². The summed E-state index contributed by atoms with van der Waals surface area (Å²) in [4.78, 5) is 6.93. The second-order valence-electron chi connectivity index (χ2n) is 4.91. The number of rotatable bonds is 4. The highest BCUT2D eigenvalue weighted by Crippen LogP contribution is 2.24. The average molecular weight is 256 g/mol. The lowest BCUT2D eigenvalue weighted by Crippen LogP contribution is -2.36. The fourth-order valence-electron chi connectivity index (χ4n) is 2.70. The summed E-state index contributed by atoms with van der Waals surface area (Å²) in [6.07, 6.45) is 8.58. The van der Waals surface area contributed by atoms with E-state index in [-0.39, 0.29) is 0 Å². The van der Waals surface area contributed by atoms with Gasteiger partial charge in [0.15, 0.2) is 0 Å². The molecular weight excluding hydrogens is 234 g/mol. The van der Waals surface area contributed by atoms with Gasteiger partial charge < -0.3 is 4.57 Å². The molecule has 0 bridgehead atoms. The van der Waals surface area contributed by atoms with E-state index in [4.69, 9.17) is 11.6 Å². The van der Waals surface area contributed by atoms with Crippen LogP contribution in [0.3, 0.4) is 0 Å². The number of imidazole rings is 1. The third kappa shape index (κ3) is 3.02. The van der Waals surface area contributed by atoms with Crippen molar-refractivity contribution in [3.8, 4) is 0 Å². The van der Waals surface area contributed by atoms with Crippen molar-refractivity contribution in [2.75, 3.05) is 6.54 Å².